The summed E-state index contributed by atoms with van der Waals surface area (Å²) < 4.78 is 17.9. The number of para-hydroxylation sites is 1. The molecular weight excluding hydrogens is 404 g/mol. The molecule has 0 fully saturated rings. The van der Waals surface area contributed by atoms with Crippen molar-refractivity contribution in [2.75, 3.05) is 26.2 Å². The van der Waals surface area contributed by atoms with Crippen LogP contribution in [0.1, 0.15) is 22.8 Å². The molecule has 0 saturated carbocycles. The summed E-state index contributed by atoms with van der Waals surface area (Å²) in [6.45, 7) is 0. The van der Waals surface area contributed by atoms with E-state index in [1.54, 1.807) is 33.3 Å². The fourth-order valence-corrected chi connectivity index (χ4v) is 4.93. The van der Waals surface area contributed by atoms with Gasteiger partial charge in [-0.2, -0.15) is 0 Å². The fraction of sp³-hybridized carbons (Fsp3) is 0.273. The first-order valence-electron chi connectivity index (χ1n) is 9.37. The van der Waals surface area contributed by atoms with Gasteiger partial charge in [0.2, 0.25) is 11.7 Å². The van der Waals surface area contributed by atoms with Crippen LogP contribution in [0.15, 0.2) is 47.3 Å². The van der Waals surface area contributed by atoms with Gasteiger partial charge in [0, 0.05) is 19.4 Å². The largest absolute Gasteiger partial charge is 0.493 e. The van der Waals surface area contributed by atoms with E-state index < -0.39 is 0 Å². The SMILES string of the molecule is COc1cc([C@@H]2CC(=O)N(c3ccccc3)c3c2sc(=O)n3C)cc(OC)c1OC. The maximum absolute atomic E-state index is 13.3. The van der Waals surface area contributed by atoms with E-state index in [9.17, 15) is 9.59 Å². The first-order chi connectivity index (χ1) is 14.5. The average molecular weight is 426 g/mol. The number of hydrogen-bond donors (Lipinski definition) is 0. The Morgan fingerprint density at radius 2 is 1.60 bits per heavy atom. The molecule has 0 bridgehead atoms. The number of ether oxygens (including phenoxy) is 3. The highest BCUT2D eigenvalue weighted by Crippen LogP contribution is 2.48. The van der Waals surface area contributed by atoms with Crippen LogP contribution in [0.25, 0.3) is 0 Å². The van der Waals surface area contributed by atoms with Gasteiger partial charge in [-0.15, -0.1) is 0 Å². The van der Waals surface area contributed by atoms with Crippen molar-refractivity contribution < 1.29 is 19.0 Å². The Bertz CT molecular complexity index is 1130. The van der Waals surface area contributed by atoms with Crippen LogP contribution in [0.3, 0.4) is 0 Å². The van der Waals surface area contributed by atoms with Crippen LogP contribution >= 0.6 is 11.3 Å². The predicted molar refractivity (Wildman–Crippen MR) is 116 cm³/mol. The van der Waals surface area contributed by atoms with Crippen molar-refractivity contribution >= 4 is 28.7 Å². The molecule has 1 atom stereocenters. The van der Waals surface area contributed by atoms with Gasteiger partial charge in [-0.1, -0.05) is 29.5 Å². The molecule has 4 rings (SSSR count). The number of rotatable bonds is 5. The zero-order valence-electron chi connectivity index (χ0n) is 17.2. The lowest BCUT2D eigenvalue weighted by Gasteiger charge is -2.32. The third-order valence-corrected chi connectivity index (χ3v) is 6.40. The second-order valence-electron chi connectivity index (χ2n) is 6.89. The quantitative estimate of drug-likeness (QED) is 0.623. The number of aromatic nitrogens is 1. The minimum absolute atomic E-state index is 0.0825. The maximum Gasteiger partial charge on any atom is 0.308 e. The van der Waals surface area contributed by atoms with E-state index in [4.69, 9.17) is 14.2 Å². The van der Waals surface area contributed by atoms with Gasteiger partial charge in [-0.05, 0) is 29.8 Å². The van der Waals surface area contributed by atoms with Crippen molar-refractivity contribution in [3.05, 3.63) is 62.6 Å². The van der Waals surface area contributed by atoms with Crippen molar-refractivity contribution in [1.29, 1.82) is 0 Å². The predicted octanol–water partition coefficient (Wildman–Crippen LogP) is 3.67. The molecule has 7 nitrogen and oxygen atoms in total. The van der Waals surface area contributed by atoms with Crippen LogP contribution in [0.2, 0.25) is 0 Å². The summed E-state index contributed by atoms with van der Waals surface area (Å²) in [4.78, 5) is 28.2. The zero-order valence-corrected chi connectivity index (χ0v) is 18.0. The molecule has 0 aliphatic carbocycles. The van der Waals surface area contributed by atoms with Crippen molar-refractivity contribution in [3.63, 3.8) is 0 Å². The molecule has 0 saturated heterocycles. The van der Waals surface area contributed by atoms with Crippen LogP contribution in [0.4, 0.5) is 11.5 Å². The Morgan fingerprint density at radius 3 is 2.17 bits per heavy atom. The number of carbonyl (C=O) groups is 1. The van der Waals surface area contributed by atoms with E-state index in [-0.39, 0.29) is 23.1 Å². The van der Waals surface area contributed by atoms with Gasteiger partial charge in [-0.25, -0.2) is 0 Å². The molecular formula is C22H22N2O5S. The van der Waals surface area contributed by atoms with Gasteiger partial charge in [-0.3, -0.25) is 19.1 Å². The van der Waals surface area contributed by atoms with Gasteiger partial charge >= 0.3 is 4.87 Å². The summed E-state index contributed by atoms with van der Waals surface area (Å²) >= 11 is 1.16. The molecule has 2 aromatic carbocycles. The normalized spacial score (nSPS) is 15.7. The van der Waals surface area contributed by atoms with Crippen molar-refractivity contribution in [2.45, 2.75) is 12.3 Å². The lowest BCUT2D eigenvalue weighted by Crippen LogP contribution is -2.34. The van der Waals surface area contributed by atoms with Crippen molar-refractivity contribution in [2.24, 2.45) is 7.05 Å². The zero-order chi connectivity index (χ0) is 21.4. The number of amides is 1. The molecule has 8 heteroatoms. The Balaban J connectivity index is 1.90. The summed E-state index contributed by atoms with van der Waals surface area (Å²) in [6.07, 6.45) is 0.223. The highest BCUT2D eigenvalue weighted by atomic mass is 32.1. The van der Waals surface area contributed by atoms with Gasteiger partial charge in [0.1, 0.15) is 5.82 Å². The second kappa shape index (κ2) is 7.87. The van der Waals surface area contributed by atoms with Gasteiger partial charge in [0.05, 0.1) is 31.9 Å². The van der Waals surface area contributed by atoms with E-state index in [1.807, 2.05) is 42.5 Å². The van der Waals surface area contributed by atoms with Crippen LogP contribution < -0.4 is 24.0 Å². The van der Waals surface area contributed by atoms with E-state index >= 15 is 0 Å². The topological polar surface area (TPSA) is 70.0 Å². The lowest BCUT2D eigenvalue weighted by atomic mass is 9.90. The standard InChI is InChI=1S/C22H22N2O5S/c1-23-21-20(30-22(23)26)15(12-18(25)24(21)14-8-6-5-7-9-14)13-10-16(27-2)19(29-4)17(11-13)28-3/h5-11,15H,12H2,1-4H3/t15-/m0/s1. The van der Waals surface area contributed by atoms with E-state index in [0.29, 0.717) is 23.1 Å². The highest BCUT2D eigenvalue weighted by molar-refractivity contribution is 7.10. The molecule has 2 heterocycles. The number of anilines is 2. The molecule has 1 aliphatic heterocycles. The molecule has 1 aromatic heterocycles. The van der Waals surface area contributed by atoms with Gasteiger partial charge < -0.3 is 14.2 Å². The maximum atomic E-state index is 13.3. The number of fused-ring (bicyclic) bond motifs is 1. The molecule has 156 valence electrons. The molecule has 3 aromatic rings. The monoisotopic (exact) mass is 426 g/mol. The summed E-state index contributed by atoms with van der Waals surface area (Å²) in [7, 11) is 6.34. The van der Waals surface area contributed by atoms with E-state index in [1.165, 1.54) is 4.57 Å². The number of carbonyl (C=O) groups excluding carboxylic acids is 1. The summed E-state index contributed by atoms with van der Waals surface area (Å²) in [5.41, 5.74) is 1.56. The smallest absolute Gasteiger partial charge is 0.308 e. The average Bonchev–Trinajstić information content (AvgIpc) is 3.07. The number of methoxy groups -OCH3 is 3. The van der Waals surface area contributed by atoms with Crippen molar-refractivity contribution in [3.8, 4) is 17.2 Å². The van der Waals surface area contributed by atoms with Crippen LogP contribution in [0, 0.1) is 0 Å². The minimum atomic E-state index is -0.292. The first kappa shape index (κ1) is 20.0. The molecule has 0 spiro atoms. The van der Waals surface area contributed by atoms with Gasteiger partial charge in [0.25, 0.3) is 0 Å². The summed E-state index contributed by atoms with van der Waals surface area (Å²) in [5.74, 6) is 1.73. The second-order valence-corrected chi connectivity index (χ2v) is 7.89. The number of hydrogen-bond acceptors (Lipinski definition) is 6. The van der Waals surface area contributed by atoms with Gasteiger partial charge in [0.15, 0.2) is 11.5 Å². The van der Waals surface area contributed by atoms with Crippen LogP contribution in [-0.4, -0.2) is 31.8 Å². The Labute approximate surface area is 178 Å². The number of benzene rings is 2. The van der Waals surface area contributed by atoms with Crippen molar-refractivity contribution in [1.82, 2.24) is 4.57 Å². The third kappa shape index (κ3) is 3.13. The fourth-order valence-electron chi connectivity index (χ4n) is 3.84. The van der Waals surface area contributed by atoms with Crippen LogP contribution in [-0.2, 0) is 11.8 Å². The lowest BCUT2D eigenvalue weighted by molar-refractivity contribution is -0.118. The minimum Gasteiger partial charge on any atom is -0.493 e. The molecule has 30 heavy (non-hydrogen) atoms. The molecule has 0 radical (unpaired) electrons. The van der Waals surface area contributed by atoms with Crippen LogP contribution in [0.5, 0.6) is 17.2 Å². The van der Waals surface area contributed by atoms with E-state index in [2.05, 4.69) is 0 Å². The third-order valence-electron chi connectivity index (χ3n) is 5.27. The molecule has 0 N–H and O–H groups in total. The molecule has 0 unspecified atom stereocenters. The van der Waals surface area contributed by atoms with E-state index in [0.717, 1.165) is 27.5 Å². The number of nitrogens with zero attached hydrogens (tertiary/aromatic N) is 2. The molecule has 1 amide bonds. The Hall–Kier alpha value is -3.26. The Kier molecular flexibility index (Phi) is 5.26. The molecule has 1 aliphatic rings. The summed E-state index contributed by atoms with van der Waals surface area (Å²) in [6, 6.07) is 13.0. The number of thiazole rings is 1. The highest BCUT2D eigenvalue weighted by Gasteiger charge is 2.38. The first-order valence-corrected chi connectivity index (χ1v) is 10.2. The summed E-state index contributed by atoms with van der Waals surface area (Å²) in [5, 5.41) is 0. The Morgan fingerprint density at radius 1 is 0.967 bits per heavy atom.